The number of morpholine rings is 1. The largest absolute Gasteiger partial charge is 0.378 e. The van der Waals surface area contributed by atoms with Crippen molar-refractivity contribution in [3.8, 4) is 0 Å². The third kappa shape index (κ3) is 5.53. The second kappa shape index (κ2) is 9.94. The van der Waals surface area contributed by atoms with Gasteiger partial charge in [0.15, 0.2) is 5.13 Å². The molecule has 0 radical (unpaired) electrons. The van der Waals surface area contributed by atoms with Crippen molar-refractivity contribution in [1.29, 1.82) is 0 Å². The number of aromatic nitrogens is 1. The van der Waals surface area contributed by atoms with E-state index in [1.807, 2.05) is 23.1 Å². The molecule has 2 aromatic rings. The topological polar surface area (TPSA) is 104 Å². The first kappa shape index (κ1) is 22.0. The van der Waals surface area contributed by atoms with Gasteiger partial charge >= 0.3 is 0 Å². The van der Waals surface area contributed by atoms with Gasteiger partial charge < -0.3 is 25.6 Å². The molecule has 0 saturated carbocycles. The van der Waals surface area contributed by atoms with Crippen molar-refractivity contribution in [2.24, 2.45) is 5.73 Å². The lowest BCUT2D eigenvalue weighted by Gasteiger charge is -2.36. The molecule has 166 valence electrons. The summed E-state index contributed by atoms with van der Waals surface area (Å²) >= 11 is 5.00. The first-order valence-corrected chi connectivity index (χ1v) is 11.8. The minimum atomic E-state index is -0.316. The number of nitrogens with two attached hydrogens (primary N) is 1. The SMILES string of the molecule is NC(=O)CN1CCN(c2cc(Br)ccc2NC(=O)c2csc(N3CCOCC3)n2)CC1. The normalized spacial score (nSPS) is 17.6. The van der Waals surface area contributed by atoms with Crippen LogP contribution >= 0.6 is 27.3 Å². The van der Waals surface area contributed by atoms with Crippen LogP contribution in [0.3, 0.4) is 0 Å². The van der Waals surface area contributed by atoms with E-state index in [1.165, 1.54) is 11.3 Å². The monoisotopic (exact) mass is 508 g/mol. The number of primary amides is 1. The van der Waals surface area contributed by atoms with Crippen LogP contribution in [0.25, 0.3) is 0 Å². The van der Waals surface area contributed by atoms with Gasteiger partial charge in [0.05, 0.1) is 31.1 Å². The lowest BCUT2D eigenvalue weighted by molar-refractivity contribution is -0.119. The number of anilines is 3. The van der Waals surface area contributed by atoms with Crippen LogP contribution in [0.15, 0.2) is 28.1 Å². The van der Waals surface area contributed by atoms with Crippen molar-refractivity contribution >= 4 is 55.6 Å². The van der Waals surface area contributed by atoms with Gasteiger partial charge in [0.25, 0.3) is 5.91 Å². The molecule has 11 heteroatoms. The zero-order valence-electron chi connectivity index (χ0n) is 17.1. The molecule has 3 heterocycles. The van der Waals surface area contributed by atoms with E-state index in [2.05, 4.69) is 36.0 Å². The van der Waals surface area contributed by atoms with E-state index in [4.69, 9.17) is 10.5 Å². The molecule has 2 amide bonds. The van der Waals surface area contributed by atoms with Crippen LogP contribution in [0.1, 0.15) is 10.5 Å². The fourth-order valence-electron chi connectivity index (χ4n) is 3.69. The second-order valence-corrected chi connectivity index (χ2v) is 9.21. The van der Waals surface area contributed by atoms with Crippen LogP contribution in [-0.4, -0.2) is 80.7 Å². The molecule has 0 unspecified atom stereocenters. The number of carbonyl (C=O) groups is 2. The molecule has 31 heavy (non-hydrogen) atoms. The maximum Gasteiger partial charge on any atom is 0.275 e. The smallest absolute Gasteiger partial charge is 0.275 e. The fraction of sp³-hybridized carbons (Fsp3) is 0.450. The summed E-state index contributed by atoms with van der Waals surface area (Å²) in [5.41, 5.74) is 7.39. The predicted molar refractivity (Wildman–Crippen MR) is 125 cm³/mol. The number of amides is 2. The molecular formula is C20H25BrN6O3S. The number of piperazine rings is 1. The van der Waals surface area contributed by atoms with E-state index in [0.717, 1.165) is 60.2 Å². The van der Waals surface area contributed by atoms with Crippen molar-refractivity contribution in [3.63, 3.8) is 0 Å². The summed E-state index contributed by atoms with van der Waals surface area (Å²) in [5.74, 6) is -0.546. The molecule has 4 rings (SSSR count). The highest BCUT2D eigenvalue weighted by Gasteiger charge is 2.22. The zero-order chi connectivity index (χ0) is 21.8. The van der Waals surface area contributed by atoms with Gasteiger partial charge in [0.2, 0.25) is 5.91 Å². The summed E-state index contributed by atoms with van der Waals surface area (Å²) in [7, 11) is 0. The minimum absolute atomic E-state index is 0.230. The van der Waals surface area contributed by atoms with Gasteiger partial charge in [-0.15, -0.1) is 11.3 Å². The van der Waals surface area contributed by atoms with Gasteiger partial charge in [-0.05, 0) is 18.2 Å². The molecular weight excluding hydrogens is 484 g/mol. The van der Waals surface area contributed by atoms with Crippen molar-refractivity contribution in [2.45, 2.75) is 0 Å². The van der Waals surface area contributed by atoms with Crippen molar-refractivity contribution in [2.75, 3.05) is 74.1 Å². The van der Waals surface area contributed by atoms with Crippen molar-refractivity contribution in [1.82, 2.24) is 9.88 Å². The average molecular weight is 509 g/mol. The Labute approximate surface area is 193 Å². The number of nitrogens with one attached hydrogen (secondary N) is 1. The summed E-state index contributed by atoms with van der Waals surface area (Å²) in [6.45, 7) is 6.14. The third-order valence-corrected chi connectivity index (χ3v) is 6.70. The quantitative estimate of drug-likeness (QED) is 0.610. The first-order valence-electron chi connectivity index (χ1n) is 10.1. The molecule has 9 nitrogen and oxygen atoms in total. The lowest BCUT2D eigenvalue weighted by atomic mass is 10.2. The van der Waals surface area contributed by atoms with E-state index < -0.39 is 0 Å². The molecule has 0 aliphatic carbocycles. The van der Waals surface area contributed by atoms with Crippen LogP contribution in [0, 0.1) is 0 Å². The lowest BCUT2D eigenvalue weighted by Crippen LogP contribution is -2.49. The van der Waals surface area contributed by atoms with Gasteiger partial charge in [-0.2, -0.15) is 0 Å². The van der Waals surface area contributed by atoms with Crippen LogP contribution in [0.4, 0.5) is 16.5 Å². The summed E-state index contributed by atoms with van der Waals surface area (Å²) < 4.78 is 6.32. The number of thiazole rings is 1. The second-order valence-electron chi connectivity index (χ2n) is 7.46. The Morgan fingerprint density at radius 2 is 1.87 bits per heavy atom. The minimum Gasteiger partial charge on any atom is -0.378 e. The van der Waals surface area contributed by atoms with Gasteiger partial charge in [-0.25, -0.2) is 4.98 Å². The first-order chi connectivity index (χ1) is 15.0. The highest BCUT2D eigenvalue weighted by molar-refractivity contribution is 9.10. The summed E-state index contributed by atoms with van der Waals surface area (Å²) in [5, 5.41) is 5.66. The maximum absolute atomic E-state index is 12.9. The Morgan fingerprint density at radius 1 is 1.13 bits per heavy atom. The fourth-order valence-corrected chi connectivity index (χ4v) is 4.90. The van der Waals surface area contributed by atoms with Crippen molar-refractivity contribution < 1.29 is 14.3 Å². The molecule has 2 aliphatic heterocycles. The van der Waals surface area contributed by atoms with Gasteiger partial charge in [-0.1, -0.05) is 15.9 Å². The molecule has 0 atom stereocenters. The van der Waals surface area contributed by atoms with E-state index in [1.54, 1.807) is 5.38 Å². The van der Waals surface area contributed by atoms with Crippen LogP contribution < -0.4 is 20.9 Å². The molecule has 0 bridgehead atoms. The highest BCUT2D eigenvalue weighted by Crippen LogP contribution is 2.31. The average Bonchev–Trinajstić information content (AvgIpc) is 3.26. The summed E-state index contributed by atoms with van der Waals surface area (Å²) in [6.07, 6.45) is 0. The van der Waals surface area contributed by atoms with E-state index in [0.29, 0.717) is 18.9 Å². The van der Waals surface area contributed by atoms with E-state index >= 15 is 0 Å². The molecule has 0 spiro atoms. The number of halogens is 1. The molecule has 1 aromatic heterocycles. The molecule has 1 aromatic carbocycles. The van der Waals surface area contributed by atoms with Gasteiger partial charge in [-0.3, -0.25) is 14.5 Å². The number of nitrogens with zero attached hydrogens (tertiary/aromatic N) is 4. The Morgan fingerprint density at radius 3 is 2.58 bits per heavy atom. The molecule has 2 saturated heterocycles. The maximum atomic E-state index is 12.9. The molecule has 2 aliphatic rings. The Hall–Kier alpha value is -2.21. The van der Waals surface area contributed by atoms with E-state index in [-0.39, 0.29) is 18.4 Å². The number of hydrogen-bond donors (Lipinski definition) is 2. The molecule has 3 N–H and O–H groups in total. The molecule has 2 fully saturated rings. The number of ether oxygens (including phenoxy) is 1. The van der Waals surface area contributed by atoms with Crippen LogP contribution in [0.2, 0.25) is 0 Å². The number of hydrogen-bond acceptors (Lipinski definition) is 8. The van der Waals surface area contributed by atoms with Crippen molar-refractivity contribution in [3.05, 3.63) is 33.7 Å². The summed E-state index contributed by atoms with van der Waals surface area (Å²) in [4.78, 5) is 35.0. The number of benzene rings is 1. The predicted octanol–water partition coefficient (Wildman–Crippen LogP) is 1.60. The highest BCUT2D eigenvalue weighted by atomic mass is 79.9. The van der Waals surface area contributed by atoms with E-state index in [9.17, 15) is 9.59 Å². The number of rotatable bonds is 6. The van der Waals surface area contributed by atoms with Gasteiger partial charge in [0.1, 0.15) is 5.69 Å². The third-order valence-electron chi connectivity index (χ3n) is 5.31. The Balaban J connectivity index is 1.45. The van der Waals surface area contributed by atoms with Crippen LogP contribution in [-0.2, 0) is 9.53 Å². The Bertz CT molecular complexity index is 941. The van der Waals surface area contributed by atoms with Crippen LogP contribution in [0.5, 0.6) is 0 Å². The number of carbonyl (C=O) groups excluding carboxylic acids is 2. The standard InChI is InChI=1S/C20H25BrN6O3S/c21-14-1-2-15(17(11-14)26-5-3-25(4-6-26)12-18(22)28)23-19(29)16-13-31-20(24-16)27-7-9-30-10-8-27/h1-2,11,13H,3-10,12H2,(H2,22,28)(H,23,29). The summed E-state index contributed by atoms with van der Waals surface area (Å²) in [6, 6.07) is 5.80. The zero-order valence-corrected chi connectivity index (χ0v) is 19.5. The Kier molecular flexibility index (Phi) is 7.06. The van der Waals surface area contributed by atoms with Gasteiger partial charge in [0, 0.05) is 49.1 Å².